The number of thiazole rings is 1. The summed E-state index contributed by atoms with van der Waals surface area (Å²) in [4.78, 5) is 26.7. The Morgan fingerprint density at radius 2 is 2.17 bits per heavy atom. The van der Waals surface area contributed by atoms with E-state index < -0.39 is 5.97 Å². The van der Waals surface area contributed by atoms with Gasteiger partial charge in [0, 0.05) is 10.8 Å². The second kappa shape index (κ2) is 5.06. The van der Waals surface area contributed by atoms with Gasteiger partial charge in [0.2, 0.25) is 5.91 Å². The third kappa shape index (κ3) is 2.87. The second-order valence-electron chi connectivity index (χ2n) is 4.94. The van der Waals surface area contributed by atoms with Gasteiger partial charge in [0.1, 0.15) is 0 Å². The Morgan fingerprint density at radius 1 is 1.50 bits per heavy atom. The van der Waals surface area contributed by atoms with Crippen LogP contribution in [-0.2, 0) is 16.0 Å². The summed E-state index contributed by atoms with van der Waals surface area (Å²) in [5.74, 6) is -0.919. The highest BCUT2D eigenvalue weighted by Gasteiger charge is 2.36. The van der Waals surface area contributed by atoms with Crippen molar-refractivity contribution in [2.24, 2.45) is 5.41 Å². The largest absolute Gasteiger partial charge is 0.481 e. The van der Waals surface area contributed by atoms with Crippen LogP contribution in [0, 0.1) is 5.41 Å². The summed E-state index contributed by atoms with van der Waals surface area (Å²) in [5, 5.41) is 13.6. The first-order valence-electron chi connectivity index (χ1n) is 5.97. The number of nitrogens with zero attached hydrogens (tertiary/aromatic N) is 1. The summed E-state index contributed by atoms with van der Waals surface area (Å²) < 4.78 is 0. The third-order valence-corrected chi connectivity index (χ3v) is 4.17. The fourth-order valence-electron chi connectivity index (χ4n) is 2.23. The van der Waals surface area contributed by atoms with Crippen LogP contribution in [0.1, 0.15) is 38.3 Å². The van der Waals surface area contributed by atoms with Crippen LogP contribution < -0.4 is 5.32 Å². The SMILES string of the molecule is CC1(C(=O)Nc2nc(CC(=O)O)cs2)CCCC1. The predicted octanol–water partition coefficient (Wildman–Crippen LogP) is 2.29. The van der Waals surface area contributed by atoms with Crippen molar-refractivity contribution in [1.82, 2.24) is 4.98 Å². The molecule has 1 saturated carbocycles. The number of carboxylic acids is 1. The van der Waals surface area contributed by atoms with Crippen molar-refractivity contribution in [3.05, 3.63) is 11.1 Å². The zero-order chi connectivity index (χ0) is 13.2. The lowest BCUT2D eigenvalue weighted by molar-refractivity contribution is -0.136. The Morgan fingerprint density at radius 3 is 2.78 bits per heavy atom. The normalized spacial score (nSPS) is 17.6. The number of aromatic nitrogens is 1. The summed E-state index contributed by atoms with van der Waals surface area (Å²) in [6.07, 6.45) is 3.89. The molecule has 18 heavy (non-hydrogen) atoms. The van der Waals surface area contributed by atoms with Gasteiger partial charge in [0.15, 0.2) is 5.13 Å². The lowest BCUT2D eigenvalue weighted by atomic mass is 9.88. The Kier molecular flexibility index (Phi) is 3.65. The number of rotatable bonds is 4. The molecule has 1 fully saturated rings. The molecule has 1 heterocycles. The number of carboxylic acid groups (broad SMARTS) is 1. The molecule has 1 aliphatic rings. The minimum atomic E-state index is -0.916. The monoisotopic (exact) mass is 268 g/mol. The quantitative estimate of drug-likeness (QED) is 0.878. The van der Waals surface area contributed by atoms with E-state index in [0.717, 1.165) is 25.7 Å². The third-order valence-electron chi connectivity index (χ3n) is 3.36. The first-order valence-corrected chi connectivity index (χ1v) is 6.85. The zero-order valence-corrected chi connectivity index (χ0v) is 11.0. The number of anilines is 1. The number of hydrogen-bond donors (Lipinski definition) is 2. The number of aliphatic carboxylic acids is 1. The molecular weight excluding hydrogens is 252 g/mol. The van der Waals surface area contributed by atoms with Gasteiger partial charge in [0.25, 0.3) is 0 Å². The van der Waals surface area contributed by atoms with E-state index in [-0.39, 0.29) is 17.7 Å². The van der Waals surface area contributed by atoms with Gasteiger partial charge in [-0.15, -0.1) is 11.3 Å². The molecule has 98 valence electrons. The van der Waals surface area contributed by atoms with Gasteiger partial charge in [-0.1, -0.05) is 19.8 Å². The minimum absolute atomic E-state index is 0.00350. The predicted molar refractivity (Wildman–Crippen MR) is 68.7 cm³/mol. The van der Waals surface area contributed by atoms with Crippen molar-refractivity contribution in [2.75, 3.05) is 5.32 Å². The number of amides is 1. The molecule has 0 bridgehead atoms. The summed E-state index contributed by atoms with van der Waals surface area (Å²) in [6.45, 7) is 1.97. The maximum Gasteiger partial charge on any atom is 0.309 e. The maximum atomic E-state index is 12.1. The Balaban J connectivity index is 1.99. The summed E-state index contributed by atoms with van der Waals surface area (Å²) >= 11 is 1.27. The molecule has 6 heteroatoms. The number of carbonyl (C=O) groups excluding carboxylic acids is 1. The summed E-state index contributed by atoms with van der Waals surface area (Å²) in [7, 11) is 0. The molecule has 0 spiro atoms. The molecule has 1 aromatic heterocycles. The van der Waals surface area contributed by atoms with Crippen LogP contribution >= 0.6 is 11.3 Å². The molecule has 1 aromatic rings. The van der Waals surface area contributed by atoms with E-state index in [1.807, 2.05) is 6.92 Å². The van der Waals surface area contributed by atoms with E-state index in [9.17, 15) is 9.59 Å². The standard InChI is InChI=1S/C12H16N2O3S/c1-12(4-2-3-5-12)10(17)14-11-13-8(7-18-11)6-9(15)16/h7H,2-6H2,1H3,(H,15,16)(H,13,14,17). The molecule has 1 aliphatic carbocycles. The molecule has 1 amide bonds. The minimum Gasteiger partial charge on any atom is -0.481 e. The first-order chi connectivity index (χ1) is 8.49. The van der Waals surface area contributed by atoms with Crippen LogP contribution in [0.2, 0.25) is 0 Å². The summed E-state index contributed by atoms with van der Waals surface area (Å²) in [5.41, 5.74) is 0.193. The first kappa shape index (κ1) is 13.0. The molecule has 0 saturated heterocycles. The fourth-order valence-corrected chi connectivity index (χ4v) is 2.94. The van der Waals surface area contributed by atoms with Crippen LogP contribution in [-0.4, -0.2) is 22.0 Å². The smallest absolute Gasteiger partial charge is 0.309 e. The van der Waals surface area contributed by atoms with Crippen LogP contribution in [0.3, 0.4) is 0 Å². The van der Waals surface area contributed by atoms with E-state index in [1.165, 1.54) is 11.3 Å². The Bertz CT molecular complexity index is 464. The molecule has 2 N–H and O–H groups in total. The van der Waals surface area contributed by atoms with Crippen molar-refractivity contribution in [2.45, 2.75) is 39.0 Å². The number of nitrogens with one attached hydrogen (secondary N) is 1. The highest BCUT2D eigenvalue weighted by molar-refractivity contribution is 7.13. The van der Waals surface area contributed by atoms with E-state index in [0.29, 0.717) is 10.8 Å². The fraction of sp³-hybridized carbons (Fsp3) is 0.583. The highest BCUT2D eigenvalue weighted by atomic mass is 32.1. The molecule has 0 radical (unpaired) electrons. The van der Waals surface area contributed by atoms with E-state index in [4.69, 9.17) is 5.11 Å². The molecule has 0 aliphatic heterocycles. The average molecular weight is 268 g/mol. The van der Waals surface area contributed by atoms with Gasteiger partial charge in [-0.3, -0.25) is 9.59 Å². The summed E-state index contributed by atoms with van der Waals surface area (Å²) in [6, 6.07) is 0. The molecule has 0 unspecified atom stereocenters. The van der Waals surface area contributed by atoms with Crippen LogP contribution in [0.5, 0.6) is 0 Å². The molecule has 2 rings (SSSR count). The van der Waals surface area contributed by atoms with Gasteiger partial charge in [-0.05, 0) is 12.8 Å². The van der Waals surface area contributed by atoms with Crippen LogP contribution in [0.15, 0.2) is 5.38 Å². The highest BCUT2D eigenvalue weighted by Crippen LogP contribution is 2.38. The van der Waals surface area contributed by atoms with Crippen molar-refractivity contribution in [1.29, 1.82) is 0 Å². The van der Waals surface area contributed by atoms with Crippen molar-refractivity contribution in [3.63, 3.8) is 0 Å². The van der Waals surface area contributed by atoms with Gasteiger partial charge < -0.3 is 10.4 Å². The van der Waals surface area contributed by atoms with Crippen molar-refractivity contribution < 1.29 is 14.7 Å². The molecule has 0 atom stereocenters. The molecule has 0 aromatic carbocycles. The zero-order valence-electron chi connectivity index (χ0n) is 10.2. The lowest BCUT2D eigenvalue weighted by Gasteiger charge is -2.21. The van der Waals surface area contributed by atoms with Gasteiger partial charge in [-0.25, -0.2) is 4.98 Å². The van der Waals surface area contributed by atoms with Gasteiger partial charge in [-0.2, -0.15) is 0 Å². The molecule has 5 nitrogen and oxygen atoms in total. The average Bonchev–Trinajstić information content (AvgIpc) is 2.88. The maximum absolute atomic E-state index is 12.1. The topological polar surface area (TPSA) is 79.3 Å². The molecular formula is C12H16N2O3S. The van der Waals surface area contributed by atoms with Gasteiger partial charge >= 0.3 is 5.97 Å². The van der Waals surface area contributed by atoms with Crippen LogP contribution in [0.4, 0.5) is 5.13 Å². The number of hydrogen-bond acceptors (Lipinski definition) is 4. The Hall–Kier alpha value is -1.43. The van der Waals surface area contributed by atoms with E-state index in [2.05, 4.69) is 10.3 Å². The van der Waals surface area contributed by atoms with Gasteiger partial charge in [0.05, 0.1) is 12.1 Å². The van der Waals surface area contributed by atoms with Crippen molar-refractivity contribution >= 4 is 28.3 Å². The second-order valence-corrected chi connectivity index (χ2v) is 5.79. The number of carbonyl (C=O) groups is 2. The van der Waals surface area contributed by atoms with Crippen LogP contribution in [0.25, 0.3) is 0 Å². The lowest BCUT2D eigenvalue weighted by Crippen LogP contribution is -2.30. The van der Waals surface area contributed by atoms with Crippen molar-refractivity contribution in [3.8, 4) is 0 Å². The Labute approximate surface area is 109 Å². The van der Waals surface area contributed by atoms with E-state index in [1.54, 1.807) is 5.38 Å². The van der Waals surface area contributed by atoms with E-state index >= 15 is 0 Å².